The van der Waals surface area contributed by atoms with Gasteiger partial charge in [0.2, 0.25) is 0 Å². The molecule has 0 bridgehead atoms. The highest BCUT2D eigenvalue weighted by Crippen LogP contribution is 2.16. The summed E-state index contributed by atoms with van der Waals surface area (Å²) in [4.78, 5) is 24.1. The number of hydrogen-bond donors (Lipinski definition) is 0. The molecule has 0 spiro atoms. The zero-order valence-electron chi connectivity index (χ0n) is 9.69. The van der Waals surface area contributed by atoms with Gasteiger partial charge in [-0.25, -0.2) is 4.79 Å². The van der Waals surface area contributed by atoms with Crippen molar-refractivity contribution in [3.05, 3.63) is 12.3 Å². The van der Waals surface area contributed by atoms with E-state index in [1.165, 1.54) is 17.2 Å². The Morgan fingerprint density at radius 3 is 2.75 bits per heavy atom. The van der Waals surface area contributed by atoms with Crippen LogP contribution < -0.4 is 0 Å². The first-order valence-corrected chi connectivity index (χ1v) is 5.02. The first kappa shape index (κ1) is 12.3. The standard InChI is InChI=1S/C12H15NO3/c1-5-9-8-10(14)6-7-13(9)11(15)16-12(2,3)4/h1,6-7,9H,8H2,2-4H3. The van der Waals surface area contributed by atoms with Gasteiger partial charge in [0, 0.05) is 12.6 Å². The molecule has 0 fully saturated rings. The summed E-state index contributed by atoms with van der Waals surface area (Å²) in [6, 6.07) is -0.549. The molecule has 0 radical (unpaired) electrons. The van der Waals surface area contributed by atoms with Crippen LogP contribution in [0.4, 0.5) is 4.79 Å². The molecule has 16 heavy (non-hydrogen) atoms. The van der Waals surface area contributed by atoms with Gasteiger partial charge in [-0.05, 0) is 26.8 Å². The fourth-order valence-electron chi connectivity index (χ4n) is 1.27. The summed E-state index contributed by atoms with van der Waals surface area (Å²) in [5, 5.41) is 0. The largest absolute Gasteiger partial charge is 0.443 e. The summed E-state index contributed by atoms with van der Waals surface area (Å²) >= 11 is 0. The van der Waals surface area contributed by atoms with Crippen molar-refractivity contribution in [2.45, 2.75) is 38.8 Å². The molecule has 1 unspecified atom stereocenters. The number of terminal acetylenes is 1. The van der Waals surface area contributed by atoms with E-state index in [4.69, 9.17) is 11.2 Å². The minimum absolute atomic E-state index is 0.0808. The monoisotopic (exact) mass is 221 g/mol. The highest BCUT2D eigenvalue weighted by Gasteiger charge is 2.29. The van der Waals surface area contributed by atoms with Gasteiger partial charge in [-0.3, -0.25) is 9.69 Å². The van der Waals surface area contributed by atoms with E-state index in [0.29, 0.717) is 0 Å². The molecular formula is C12H15NO3. The van der Waals surface area contributed by atoms with E-state index in [1.54, 1.807) is 20.8 Å². The third-order valence-corrected chi connectivity index (χ3v) is 1.95. The fraction of sp³-hybridized carbons (Fsp3) is 0.500. The average molecular weight is 221 g/mol. The maximum absolute atomic E-state index is 11.7. The SMILES string of the molecule is C#CC1CC(=O)C=CN1C(=O)OC(C)(C)C. The number of nitrogens with zero attached hydrogens (tertiary/aromatic N) is 1. The second-order valence-electron chi connectivity index (χ2n) is 4.56. The molecule has 0 saturated carbocycles. The highest BCUT2D eigenvalue weighted by molar-refractivity contribution is 5.92. The van der Waals surface area contributed by atoms with Crippen LogP contribution in [0.2, 0.25) is 0 Å². The van der Waals surface area contributed by atoms with Gasteiger partial charge in [0.05, 0.1) is 0 Å². The van der Waals surface area contributed by atoms with Gasteiger partial charge in [-0.15, -0.1) is 6.42 Å². The lowest BCUT2D eigenvalue weighted by atomic mass is 10.1. The minimum Gasteiger partial charge on any atom is -0.443 e. The van der Waals surface area contributed by atoms with Crippen LogP contribution in [0.15, 0.2) is 12.3 Å². The summed E-state index contributed by atoms with van der Waals surface area (Å²) in [7, 11) is 0. The molecule has 1 rings (SSSR count). The van der Waals surface area contributed by atoms with Crippen molar-refractivity contribution >= 4 is 11.9 Å². The Kier molecular flexibility index (Phi) is 3.38. The molecule has 0 aliphatic carbocycles. The van der Waals surface area contributed by atoms with Crippen LogP contribution in [0, 0.1) is 12.3 Å². The van der Waals surface area contributed by atoms with E-state index < -0.39 is 17.7 Å². The van der Waals surface area contributed by atoms with Gasteiger partial charge >= 0.3 is 6.09 Å². The van der Waals surface area contributed by atoms with Gasteiger partial charge < -0.3 is 4.74 Å². The second-order valence-corrected chi connectivity index (χ2v) is 4.56. The normalized spacial score (nSPS) is 20.5. The lowest BCUT2D eigenvalue weighted by Crippen LogP contribution is -2.42. The lowest BCUT2D eigenvalue weighted by Gasteiger charge is -2.29. The van der Waals surface area contributed by atoms with Crippen LogP contribution in [0.3, 0.4) is 0 Å². The predicted molar refractivity (Wildman–Crippen MR) is 59.5 cm³/mol. The Morgan fingerprint density at radius 1 is 1.62 bits per heavy atom. The zero-order valence-corrected chi connectivity index (χ0v) is 9.69. The molecule has 4 heteroatoms. The molecule has 0 saturated heterocycles. The summed E-state index contributed by atoms with van der Waals surface area (Å²) in [5.74, 6) is 2.32. The van der Waals surface area contributed by atoms with Crippen LogP contribution in [0.25, 0.3) is 0 Å². The molecule has 0 aromatic carbocycles. The van der Waals surface area contributed by atoms with Gasteiger partial charge in [0.25, 0.3) is 0 Å². The number of amides is 1. The Bertz CT molecular complexity index is 371. The van der Waals surface area contributed by atoms with Crippen molar-refractivity contribution in [1.29, 1.82) is 0 Å². The predicted octanol–water partition coefficient (Wildman–Crippen LogP) is 1.71. The lowest BCUT2D eigenvalue weighted by molar-refractivity contribution is -0.115. The number of hydrogen-bond acceptors (Lipinski definition) is 3. The van der Waals surface area contributed by atoms with E-state index in [-0.39, 0.29) is 12.2 Å². The number of carbonyl (C=O) groups excluding carboxylic acids is 2. The van der Waals surface area contributed by atoms with Crippen LogP contribution in [0.5, 0.6) is 0 Å². The van der Waals surface area contributed by atoms with Crippen molar-refractivity contribution in [3.8, 4) is 12.3 Å². The van der Waals surface area contributed by atoms with Crippen molar-refractivity contribution in [3.63, 3.8) is 0 Å². The molecule has 4 nitrogen and oxygen atoms in total. The Morgan fingerprint density at radius 2 is 2.25 bits per heavy atom. The molecule has 1 atom stereocenters. The maximum atomic E-state index is 11.7. The van der Waals surface area contributed by atoms with Gasteiger partial charge in [0.1, 0.15) is 11.6 Å². The van der Waals surface area contributed by atoms with Crippen molar-refractivity contribution in [1.82, 2.24) is 4.90 Å². The third kappa shape index (κ3) is 3.13. The Hall–Kier alpha value is -1.76. The van der Waals surface area contributed by atoms with E-state index in [9.17, 15) is 9.59 Å². The molecule has 86 valence electrons. The molecule has 1 aliphatic heterocycles. The van der Waals surface area contributed by atoms with Gasteiger partial charge in [-0.1, -0.05) is 5.92 Å². The van der Waals surface area contributed by atoms with Gasteiger partial charge in [0.15, 0.2) is 5.78 Å². The molecule has 1 aliphatic rings. The topological polar surface area (TPSA) is 46.6 Å². The van der Waals surface area contributed by atoms with Crippen LogP contribution in [-0.4, -0.2) is 28.4 Å². The van der Waals surface area contributed by atoms with Crippen molar-refractivity contribution < 1.29 is 14.3 Å². The number of ketones is 1. The van der Waals surface area contributed by atoms with Crippen molar-refractivity contribution in [2.24, 2.45) is 0 Å². The Balaban J connectivity index is 2.79. The number of carbonyl (C=O) groups is 2. The number of rotatable bonds is 0. The summed E-state index contributed by atoms with van der Waals surface area (Å²) < 4.78 is 5.17. The Labute approximate surface area is 95.3 Å². The second kappa shape index (κ2) is 4.40. The summed E-state index contributed by atoms with van der Waals surface area (Å²) in [6.45, 7) is 5.32. The maximum Gasteiger partial charge on any atom is 0.415 e. The molecule has 0 N–H and O–H groups in total. The summed E-state index contributed by atoms with van der Waals surface area (Å²) in [5.41, 5.74) is -0.578. The highest BCUT2D eigenvalue weighted by atomic mass is 16.6. The summed E-state index contributed by atoms with van der Waals surface area (Å²) in [6.07, 6.45) is 7.60. The van der Waals surface area contributed by atoms with E-state index >= 15 is 0 Å². The quantitative estimate of drug-likeness (QED) is 0.585. The van der Waals surface area contributed by atoms with E-state index in [2.05, 4.69) is 5.92 Å². The first-order chi connectivity index (χ1) is 7.33. The smallest absolute Gasteiger partial charge is 0.415 e. The molecular weight excluding hydrogens is 206 g/mol. The van der Waals surface area contributed by atoms with Crippen LogP contribution >= 0.6 is 0 Å². The average Bonchev–Trinajstić information content (AvgIpc) is 2.14. The minimum atomic E-state index is -0.578. The molecule has 0 aromatic rings. The molecule has 1 heterocycles. The van der Waals surface area contributed by atoms with Crippen molar-refractivity contribution in [2.75, 3.05) is 0 Å². The first-order valence-electron chi connectivity index (χ1n) is 5.02. The number of ether oxygens (including phenoxy) is 1. The van der Waals surface area contributed by atoms with Gasteiger partial charge in [-0.2, -0.15) is 0 Å². The zero-order chi connectivity index (χ0) is 12.3. The van der Waals surface area contributed by atoms with Crippen LogP contribution in [0.1, 0.15) is 27.2 Å². The molecule has 0 aromatic heterocycles. The third-order valence-electron chi connectivity index (χ3n) is 1.95. The van der Waals surface area contributed by atoms with E-state index in [0.717, 1.165) is 0 Å². The van der Waals surface area contributed by atoms with E-state index in [1.807, 2.05) is 0 Å². The molecule has 1 amide bonds. The fourth-order valence-corrected chi connectivity index (χ4v) is 1.27. The van der Waals surface area contributed by atoms with Crippen LogP contribution in [-0.2, 0) is 9.53 Å². The number of allylic oxidation sites excluding steroid dienone is 1.